The van der Waals surface area contributed by atoms with Crippen LogP contribution in [0.1, 0.15) is 15.9 Å². The number of benzene rings is 1. The molecule has 1 amide bonds. The third-order valence-corrected chi connectivity index (χ3v) is 2.68. The Morgan fingerprint density at radius 2 is 1.86 bits per heavy atom. The standard InChI is InChI=1S/C14H12N4O3/c1-10(11-4-6-13(7-5-11)18(20)21)16-17-14(19)12-3-2-8-15-9-12/h2-9,16H,1H2,(H,17,19). The quantitative estimate of drug-likeness (QED) is 0.645. The molecule has 7 heteroatoms. The van der Waals surface area contributed by atoms with Crippen LogP contribution in [0.25, 0.3) is 5.70 Å². The highest BCUT2D eigenvalue weighted by molar-refractivity contribution is 5.94. The number of nitro groups is 1. The van der Waals surface area contributed by atoms with Gasteiger partial charge in [-0.2, -0.15) is 0 Å². The van der Waals surface area contributed by atoms with E-state index in [1.54, 1.807) is 30.5 Å². The van der Waals surface area contributed by atoms with Crippen LogP contribution in [-0.4, -0.2) is 15.8 Å². The molecule has 0 aliphatic heterocycles. The predicted octanol–water partition coefficient (Wildman–Crippen LogP) is 1.90. The smallest absolute Gasteiger partial charge is 0.271 e. The number of non-ortho nitro benzene ring substituents is 1. The molecular formula is C14H12N4O3. The van der Waals surface area contributed by atoms with Crippen LogP contribution in [0.15, 0.2) is 55.4 Å². The van der Waals surface area contributed by atoms with Gasteiger partial charge in [-0.1, -0.05) is 6.58 Å². The molecule has 0 bridgehead atoms. The van der Waals surface area contributed by atoms with Gasteiger partial charge in [-0.3, -0.25) is 30.7 Å². The predicted molar refractivity (Wildman–Crippen MR) is 77.0 cm³/mol. The van der Waals surface area contributed by atoms with E-state index in [0.29, 0.717) is 16.8 Å². The number of hydrogen-bond acceptors (Lipinski definition) is 5. The van der Waals surface area contributed by atoms with Crippen LogP contribution < -0.4 is 10.9 Å². The van der Waals surface area contributed by atoms with Crippen LogP contribution in [0.4, 0.5) is 5.69 Å². The summed E-state index contributed by atoms with van der Waals surface area (Å²) in [4.78, 5) is 25.7. The van der Waals surface area contributed by atoms with Crippen molar-refractivity contribution < 1.29 is 9.72 Å². The largest absolute Gasteiger partial charge is 0.298 e. The van der Waals surface area contributed by atoms with Crippen LogP contribution >= 0.6 is 0 Å². The minimum Gasteiger partial charge on any atom is -0.298 e. The van der Waals surface area contributed by atoms with Gasteiger partial charge in [0.25, 0.3) is 11.6 Å². The molecule has 2 N–H and O–H groups in total. The van der Waals surface area contributed by atoms with Crippen LogP contribution in [0.2, 0.25) is 0 Å². The van der Waals surface area contributed by atoms with Gasteiger partial charge >= 0.3 is 0 Å². The van der Waals surface area contributed by atoms with Crippen LogP contribution in [0.5, 0.6) is 0 Å². The molecule has 7 nitrogen and oxygen atoms in total. The first-order valence-electron chi connectivity index (χ1n) is 5.98. The van der Waals surface area contributed by atoms with E-state index in [2.05, 4.69) is 22.4 Å². The number of amides is 1. The summed E-state index contributed by atoms with van der Waals surface area (Å²) in [5.41, 5.74) is 6.57. The SMILES string of the molecule is C=C(NNC(=O)c1cccnc1)c1ccc([N+](=O)[O-])cc1. The molecule has 0 atom stereocenters. The fourth-order valence-corrected chi connectivity index (χ4v) is 1.56. The zero-order valence-corrected chi connectivity index (χ0v) is 10.9. The summed E-state index contributed by atoms with van der Waals surface area (Å²) in [6.45, 7) is 3.75. The Balaban J connectivity index is 1.96. The first-order valence-corrected chi connectivity index (χ1v) is 5.98. The van der Waals surface area contributed by atoms with Crippen molar-refractivity contribution in [3.63, 3.8) is 0 Å². The molecule has 2 aromatic rings. The molecule has 0 saturated carbocycles. The van der Waals surface area contributed by atoms with Gasteiger partial charge in [0.05, 0.1) is 16.2 Å². The molecule has 1 aromatic carbocycles. The minimum atomic E-state index is -0.482. The number of carbonyl (C=O) groups excluding carboxylic acids is 1. The van der Waals surface area contributed by atoms with Crippen molar-refractivity contribution in [3.05, 3.63) is 76.6 Å². The van der Waals surface area contributed by atoms with E-state index in [4.69, 9.17) is 0 Å². The summed E-state index contributed by atoms with van der Waals surface area (Å²) in [6.07, 6.45) is 3.01. The molecular weight excluding hydrogens is 272 g/mol. The summed E-state index contributed by atoms with van der Waals surface area (Å²) in [7, 11) is 0. The highest BCUT2D eigenvalue weighted by atomic mass is 16.6. The molecule has 0 unspecified atom stereocenters. The van der Waals surface area contributed by atoms with Gasteiger partial charge in [0, 0.05) is 24.5 Å². The molecule has 0 aliphatic rings. The third kappa shape index (κ3) is 3.63. The highest BCUT2D eigenvalue weighted by Crippen LogP contribution is 2.15. The second kappa shape index (κ2) is 6.29. The van der Waals surface area contributed by atoms with E-state index in [-0.39, 0.29) is 11.6 Å². The molecule has 1 aromatic heterocycles. The first kappa shape index (κ1) is 14.2. The van der Waals surface area contributed by atoms with E-state index < -0.39 is 4.92 Å². The van der Waals surface area contributed by atoms with Gasteiger partial charge in [-0.15, -0.1) is 0 Å². The van der Waals surface area contributed by atoms with E-state index in [9.17, 15) is 14.9 Å². The average molecular weight is 284 g/mol. The number of carbonyl (C=O) groups is 1. The third-order valence-electron chi connectivity index (χ3n) is 2.68. The Morgan fingerprint density at radius 1 is 1.14 bits per heavy atom. The Morgan fingerprint density at radius 3 is 2.43 bits per heavy atom. The molecule has 1 heterocycles. The van der Waals surface area contributed by atoms with Crippen LogP contribution in [0.3, 0.4) is 0 Å². The lowest BCUT2D eigenvalue weighted by molar-refractivity contribution is -0.384. The maximum Gasteiger partial charge on any atom is 0.271 e. The molecule has 0 fully saturated rings. The molecule has 0 saturated heterocycles. The number of hydrazine groups is 1. The zero-order chi connectivity index (χ0) is 15.2. The normalized spacial score (nSPS) is 9.71. The van der Waals surface area contributed by atoms with Gasteiger partial charge in [0.15, 0.2) is 0 Å². The molecule has 2 rings (SSSR count). The van der Waals surface area contributed by atoms with Gasteiger partial charge in [0.2, 0.25) is 0 Å². The molecule has 106 valence electrons. The number of hydrogen-bond donors (Lipinski definition) is 2. The van der Waals surface area contributed by atoms with E-state index in [0.717, 1.165) is 0 Å². The van der Waals surface area contributed by atoms with Crippen molar-refractivity contribution >= 4 is 17.3 Å². The second-order valence-electron chi connectivity index (χ2n) is 4.10. The minimum absolute atomic E-state index is 0.00838. The lowest BCUT2D eigenvalue weighted by Crippen LogP contribution is -2.35. The summed E-state index contributed by atoms with van der Waals surface area (Å²) in [6, 6.07) is 9.10. The van der Waals surface area contributed by atoms with Crippen molar-refractivity contribution in [2.24, 2.45) is 0 Å². The maximum atomic E-state index is 11.8. The molecule has 0 spiro atoms. The highest BCUT2D eigenvalue weighted by Gasteiger charge is 2.07. The summed E-state index contributed by atoms with van der Waals surface area (Å²) in [5, 5.41) is 10.6. The Bertz CT molecular complexity index is 668. The fourth-order valence-electron chi connectivity index (χ4n) is 1.56. The average Bonchev–Trinajstić information content (AvgIpc) is 2.53. The van der Waals surface area contributed by atoms with Crippen molar-refractivity contribution in [1.82, 2.24) is 15.8 Å². The first-order chi connectivity index (χ1) is 10.1. The topological polar surface area (TPSA) is 97.2 Å². The summed E-state index contributed by atoms with van der Waals surface area (Å²) < 4.78 is 0. The monoisotopic (exact) mass is 284 g/mol. The Hall–Kier alpha value is -3.22. The van der Waals surface area contributed by atoms with Crippen molar-refractivity contribution in [2.75, 3.05) is 0 Å². The van der Waals surface area contributed by atoms with Crippen LogP contribution in [0, 0.1) is 10.1 Å². The number of nitro benzene ring substituents is 1. The maximum absolute atomic E-state index is 11.8. The van der Waals surface area contributed by atoms with Crippen LogP contribution in [-0.2, 0) is 0 Å². The number of rotatable bonds is 5. The summed E-state index contributed by atoms with van der Waals surface area (Å²) in [5.74, 6) is -0.355. The number of pyridine rings is 1. The van der Waals surface area contributed by atoms with Gasteiger partial charge in [-0.05, 0) is 29.8 Å². The van der Waals surface area contributed by atoms with Gasteiger partial charge in [0.1, 0.15) is 0 Å². The lowest BCUT2D eigenvalue weighted by atomic mass is 10.1. The van der Waals surface area contributed by atoms with Crippen molar-refractivity contribution in [1.29, 1.82) is 0 Å². The molecule has 21 heavy (non-hydrogen) atoms. The Labute approximate surface area is 120 Å². The van der Waals surface area contributed by atoms with E-state index in [1.807, 2.05) is 0 Å². The van der Waals surface area contributed by atoms with E-state index >= 15 is 0 Å². The number of aromatic nitrogens is 1. The van der Waals surface area contributed by atoms with E-state index in [1.165, 1.54) is 18.3 Å². The number of nitrogens with one attached hydrogen (secondary N) is 2. The van der Waals surface area contributed by atoms with Gasteiger partial charge in [-0.25, -0.2) is 0 Å². The Kier molecular flexibility index (Phi) is 4.25. The fraction of sp³-hybridized carbons (Fsp3) is 0. The lowest BCUT2D eigenvalue weighted by Gasteiger charge is -2.10. The molecule has 0 radical (unpaired) electrons. The molecule has 0 aliphatic carbocycles. The van der Waals surface area contributed by atoms with Gasteiger partial charge < -0.3 is 0 Å². The van der Waals surface area contributed by atoms with Crippen molar-refractivity contribution in [3.8, 4) is 0 Å². The van der Waals surface area contributed by atoms with Crippen molar-refractivity contribution in [2.45, 2.75) is 0 Å². The zero-order valence-electron chi connectivity index (χ0n) is 10.9. The summed E-state index contributed by atoms with van der Waals surface area (Å²) >= 11 is 0. The second-order valence-corrected chi connectivity index (χ2v) is 4.10. The number of nitrogens with zero attached hydrogens (tertiary/aromatic N) is 2.